The maximum absolute atomic E-state index is 12.3. The highest BCUT2D eigenvalue weighted by atomic mass is 32.5. The summed E-state index contributed by atoms with van der Waals surface area (Å²) in [6.07, 6.45) is -6.00. The van der Waals surface area contributed by atoms with Gasteiger partial charge in [-0.1, -0.05) is 52.5 Å². The van der Waals surface area contributed by atoms with Crippen LogP contribution in [-0.2, 0) is 23.4 Å². The lowest BCUT2D eigenvalue weighted by Gasteiger charge is -2.39. The maximum atomic E-state index is 12.3. The van der Waals surface area contributed by atoms with Crippen LogP contribution in [0.25, 0.3) is 0 Å². The van der Waals surface area contributed by atoms with Crippen molar-refractivity contribution in [3.05, 3.63) is 0 Å². The van der Waals surface area contributed by atoms with Crippen molar-refractivity contribution in [3.63, 3.8) is 0 Å². The summed E-state index contributed by atoms with van der Waals surface area (Å²) in [5.41, 5.74) is 0. The average molecular weight is 384 g/mol. The van der Waals surface area contributed by atoms with Crippen LogP contribution in [0.15, 0.2) is 0 Å². The third-order valence-corrected chi connectivity index (χ3v) is 1.27. The molecule has 0 aromatic rings. The first kappa shape index (κ1) is 19.7. The molecule has 0 rings (SSSR count). The molecule has 19 heteroatoms. The Balaban J connectivity index is 4.94. The zero-order valence-corrected chi connectivity index (χ0v) is 9.53. The lowest BCUT2D eigenvalue weighted by molar-refractivity contribution is -0.624. The average Bonchev–Trinajstić information content (AvgIpc) is 2.05. The van der Waals surface area contributed by atoms with Gasteiger partial charge in [0.15, 0.2) is 0 Å². The highest BCUT2D eigenvalue weighted by Gasteiger charge is 2.72. The maximum Gasteiger partial charge on any atom is 0.535 e. The van der Waals surface area contributed by atoms with Gasteiger partial charge in [0.25, 0.3) is 0 Å². The van der Waals surface area contributed by atoms with Gasteiger partial charge in [-0.25, -0.2) is 0 Å². The second-order valence-corrected chi connectivity index (χ2v) is 6.52. The molecule has 0 radical (unpaired) electrons. The van der Waals surface area contributed by atoms with Crippen LogP contribution in [0.5, 0.6) is 0 Å². The van der Waals surface area contributed by atoms with Gasteiger partial charge in [-0.2, -0.15) is 0 Å². The van der Waals surface area contributed by atoms with Gasteiger partial charge in [-0.3, -0.25) is 0 Å². The molecule has 0 fully saturated rings. The zero-order chi connectivity index (χ0) is 16.9. The molecular formula is CF12O5S2. The van der Waals surface area contributed by atoms with Gasteiger partial charge in [-0.05, 0) is 4.53 Å². The SMILES string of the molecule is FOC(F)(OOS(F)(F)(F)(F)F)OOS(F)(F)(F)(F)F. The van der Waals surface area contributed by atoms with E-state index < -0.39 is 27.2 Å². The van der Waals surface area contributed by atoms with E-state index in [1.54, 1.807) is 9.78 Å². The lowest BCUT2D eigenvalue weighted by Crippen LogP contribution is -2.35. The van der Waals surface area contributed by atoms with Crippen LogP contribution in [0.3, 0.4) is 0 Å². The van der Waals surface area contributed by atoms with E-state index in [0.29, 0.717) is 0 Å². The zero-order valence-electron chi connectivity index (χ0n) is 7.89. The summed E-state index contributed by atoms with van der Waals surface area (Å²) in [7, 11) is -22.2. The van der Waals surface area contributed by atoms with Crippen molar-refractivity contribution in [3.8, 4) is 0 Å². The van der Waals surface area contributed by atoms with E-state index in [-0.39, 0.29) is 0 Å². The Bertz CT molecular complexity index is 341. The molecule has 5 nitrogen and oxygen atoms in total. The van der Waals surface area contributed by atoms with Crippen LogP contribution in [0.1, 0.15) is 0 Å². The quantitative estimate of drug-likeness (QED) is 0.241. The van der Waals surface area contributed by atoms with Gasteiger partial charge in [0.2, 0.25) is 0 Å². The molecule has 0 unspecified atom stereocenters. The highest BCUT2D eigenvalue weighted by molar-refractivity contribution is 8.42. The predicted molar refractivity (Wildman–Crippen MR) is 36.6 cm³/mol. The smallest absolute Gasteiger partial charge is 0.146 e. The third-order valence-electron chi connectivity index (χ3n) is 0.616. The van der Waals surface area contributed by atoms with E-state index in [0.717, 1.165) is 8.67 Å². The first-order valence-electron chi connectivity index (χ1n) is 3.17. The molecule has 130 valence electrons. The summed E-state index contributed by atoms with van der Waals surface area (Å²) < 4.78 is 139. The fourth-order valence-corrected chi connectivity index (χ4v) is 0.669. The van der Waals surface area contributed by atoms with Gasteiger partial charge in [0.1, 0.15) is 0 Å². The topological polar surface area (TPSA) is 46.2 Å². The predicted octanol–water partition coefficient (Wildman–Crippen LogP) is 5.79. The largest absolute Gasteiger partial charge is 0.535 e. The van der Waals surface area contributed by atoms with Crippen LogP contribution < -0.4 is 0 Å². The van der Waals surface area contributed by atoms with Crippen LogP contribution in [0, 0.1) is 0 Å². The van der Waals surface area contributed by atoms with Crippen LogP contribution in [0.2, 0.25) is 0 Å². The first-order chi connectivity index (χ1) is 7.93. The second-order valence-electron chi connectivity index (χ2n) is 2.66. The van der Waals surface area contributed by atoms with Crippen molar-refractivity contribution in [2.24, 2.45) is 0 Å². The molecule has 0 saturated carbocycles. The molecule has 0 N–H and O–H groups in total. The van der Waals surface area contributed by atoms with Crippen LogP contribution in [0.4, 0.5) is 47.8 Å². The molecule has 20 heavy (non-hydrogen) atoms. The van der Waals surface area contributed by atoms with E-state index in [4.69, 9.17) is 0 Å². The number of rotatable bonds is 7. The summed E-state index contributed by atoms with van der Waals surface area (Å²) in [5, 5.41) is 0. The minimum Gasteiger partial charge on any atom is -0.146 e. The summed E-state index contributed by atoms with van der Waals surface area (Å²) in [4.78, 5) is 4.79. The van der Waals surface area contributed by atoms with Gasteiger partial charge in [0.05, 0.1) is 0 Å². The molecule has 0 atom stereocenters. The van der Waals surface area contributed by atoms with E-state index in [1.165, 1.54) is 4.94 Å². The molecule has 0 heterocycles. The van der Waals surface area contributed by atoms with E-state index in [1.807, 2.05) is 0 Å². The van der Waals surface area contributed by atoms with E-state index in [9.17, 15) is 47.8 Å². The summed E-state index contributed by atoms with van der Waals surface area (Å²) in [6.45, 7) is 0. The lowest BCUT2D eigenvalue weighted by atomic mass is 11.2. The van der Waals surface area contributed by atoms with Crippen molar-refractivity contribution in [1.29, 1.82) is 0 Å². The molecule has 0 aromatic carbocycles. The van der Waals surface area contributed by atoms with Crippen molar-refractivity contribution in [2.45, 2.75) is 6.23 Å². The summed E-state index contributed by atoms with van der Waals surface area (Å²) in [5.74, 6) is 0. The number of hydrogen-bond acceptors (Lipinski definition) is 5. The third kappa shape index (κ3) is 11.5. The Kier molecular flexibility index (Phi) is 3.46. The van der Waals surface area contributed by atoms with Crippen molar-refractivity contribution >= 4 is 21.0 Å². The molecule has 0 aliphatic rings. The molecule has 0 aliphatic carbocycles. The van der Waals surface area contributed by atoms with E-state index >= 15 is 0 Å². The Labute approximate surface area is 99.4 Å². The monoisotopic (exact) mass is 384 g/mol. The fourth-order valence-electron chi connectivity index (χ4n) is 0.249. The molecule has 0 bridgehead atoms. The Hall–Kier alpha value is -0.340. The van der Waals surface area contributed by atoms with Crippen molar-refractivity contribution in [1.82, 2.24) is 0 Å². The second kappa shape index (κ2) is 3.52. The van der Waals surface area contributed by atoms with Gasteiger partial charge in [0, 0.05) is 0 Å². The molecule has 0 amide bonds. The fraction of sp³-hybridized carbons (Fsp3) is 1.00. The normalized spacial score (nSPS) is 24.0. The summed E-state index contributed by atoms with van der Waals surface area (Å²) in [6, 6.07) is 0. The van der Waals surface area contributed by atoms with Crippen molar-refractivity contribution in [2.75, 3.05) is 0 Å². The Morgan fingerprint density at radius 2 is 0.850 bits per heavy atom. The minimum atomic E-state index is -11.1. The molecule has 0 spiro atoms. The van der Waals surface area contributed by atoms with Crippen LogP contribution >= 0.6 is 21.0 Å². The number of halogens is 12. The van der Waals surface area contributed by atoms with Gasteiger partial charge < -0.3 is 0 Å². The minimum absolute atomic E-state index is 1.13. The number of alkyl halides is 1. The summed E-state index contributed by atoms with van der Waals surface area (Å²) >= 11 is 0. The van der Waals surface area contributed by atoms with Crippen molar-refractivity contribution < 1.29 is 71.2 Å². The highest BCUT2D eigenvalue weighted by Crippen LogP contribution is 2.99. The van der Waals surface area contributed by atoms with Crippen LogP contribution in [-0.4, -0.2) is 6.23 Å². The molecule has 0 aliphatic heterocycles. The standard InChI is InChI=1S/CF12O5S2/c2-1(14-3,15-17-19(4,5,6,7)8)16-18-20(9,10,11,12)13. The van der Waals surface area contributed by atoms with E-state index in [2.05, 4.69) is 0 Å². The molecule has 0 aromatic heterocycles. The molecular weight excluding hydrogens is 384 g/mol. The molecule has 0 saturated heterocycles. The van der Waals surface area contributed by atoms with Gasteiger partial charge in [-0.15, -0.1) is 14.2 Å². The number of hydrogen-bond donors (Lipinski definition) is 0. The Morgan fingerprint density at radius 1 is 0.600 bits per heavy atom. The first-order valence-corrected chi connectivity index (χ1v) is 6.92. The Morgan fingerprint density at radius 3 is 1.00 bits per heavy atom. The van der Waals surface area contributed by atoms with Gasteiger partial charge >= 0.3 is 27.2 Å².